The lowest BCUT2D eigenvalue weighted by molar-refractivity contribution is -0.115. The van der Waals surface area contributed by atoms with E-state index in [1.807, 2.05) is 48.5 Å². The molecule has 0 unspecified atom stereocenters. The molecule has 2 amide bonds. The number of anilines is 1. The standard InChI is InChI=1S/C24H18Cl2N2O2S/c25-20-11-18(12-21(26)19(20)13-22-23(29)27-24(30)31-22)28(14-16-7-3-1-4-8-16)15-17-9-5-2-6-10-17/h1-13H,14-15H2,(H,27,29,30)/b22-13-. The summed E-state index contributed by atoms with van der Waals surface area (Å²) < 4.78 is 0. The van der Waals surface area contributed by atoms with Crippen LogP contribution in [-0.4, -0.2) is 11.1 Å². The highest BCUT2D eigenvalue weighted by atomic mass is 35.5. The van der Waals surface area contributed by atoms with Crippen LogP contribution in [0.25, 0.3) is 6.08 Å². The maximum absolute atomic E-state index is 11.9. The van der Waals surface area contributed by atoms with Gasteiger partial charge < -0.3 is 4.90 Å². The first kappa shape index (κ1) is 21.5. The van der Waals surface area contributed by atoms with Gasteiger partial charge >= 0.3 is 0 Å². The van der Waals surface area contributed by atoms with Gasteiger partial charge in [-0.15, -0.1) is 0 Å². The van der Waals surface area contributed by atoms with Crippen LogP contribution in [0.15, 0.2) is 77.7 Å². The minimum atomic E-state index is -0.444. The molecule has 0 aromatic heterocycles. The van der Waals surface area contributed by atoms with Gasteiger partial charge in [0.25, 0.3) is 11.1 Å². The van der Waals surface area contributed by atoms with Gasteiger partial charge in [-0.25, -0.2) is 0 Å². The average molecular weight is 469 g/mol. The molecule has 4 rings (SSSR count). The number of carbonyl (C=O) groups excluding carboxylic acids is 2. The number of halogens is 2. The Labute approximate surface area is 194 Å². The number of rotatable bonds is 6. The van der Waals surface area contributed by atoms with E-state index in [4.69, 9.17) is 23.2 Å². The third kappa shape index (κ3) is 5.31. The molecule has 7 heteroatoms. The Bertz CT molecular complexity index is 1090. The zero-order chi connectivity index (χ0) is 21.8. The van der Waals surface area contributed by atoms with Crippen molar-refractivity contribution in [3.05, 3.63) is 104 Å². The fraction of sp³-hybridized carbons (Fsp3) is 0.0833. The number of hydrogen-bond donors (Lipinski definition) is 1. The van der Waals surface area contributed by atoms with Gasteiger partial charge in [-0.3, -0.25) is 14.9 Å². The topological polar surface area (TPSA) is 49.4 Å². The van der Waals surface area contributed by atoms with Crippen LogP contribution in [0.1, 0.15) is 16.7 Å². The van der Waals surface area contributed by atoms with Crippen LogP contribution >= 0.6 is 35.0 Å². The van der Waals surface area contributed by atoms with Crippen LogP contribution in [0.5, 0.6) is 0 Å². The van der Waals surface area contributed by atoms with Gasteiger partial charge in [0.15, 0.2) is 0 Å². The molecular weight excluding hydrogens is 451 g/mol. The number of benzene rings is 3. The molecule has 31 heavy (non-hydrogen) atoms. The number of hydrogen-bond acceptors (Lipinski definition) is 4. The first-order chi connectivity index (χ1) is 15.0. The normalized spacial score (nSPS) is 14.7. The highest BCUT2D eigenvalue weighted by Crippen LogP contribution is 2.36. The van der Waals surface area contributed by atoms with Crippen LogP contribution in [-0.2, 0) is 17.9 Å². The second-order valence-electron chi connectivity index (χ2n) is 7.00. The molecule has 1 aliphatic rings. The summed E-state index contributed by atoms with van der Waals surface area (Å²) in [7, 11) is 0. The van der Waals surface area contributed by atoms with E-state index < -0.39 is 11.1 Å². The zero-order valence-electron chi connectivity index (χ0n) is 16.3. The largest absolute Gasteiger partial charge is 0.363 e. The molecule has 0 radical (unpaired) electrons. The van der Waals surface area contributed by atoms with Gasteiger partial charge in [0.05, 0.1) is 15.0 Å². The lowest BCUT2D eigenvalue weighted by atomic mass is 10.1. The minimum absolute atomic E-state index is 0.270. The van der Waals surface area contributed by atoms with E-state index in [0.717, 1.165) is 28.6 Å². The molecule has 1 fully saturated rings. The van der Waals surface area contributed by atoms with Crippen molar-refractivity contribution in [2.75, 3.05) is 4.90 Å². The number of thioether (sulfide) groups is 1. The van der Waals surface area contributed by atoms with Crippen LogP contribution in [0.4, 0.5) is 10.5 Å². The number of amides is 2. The van der Waals surface area contributed by atoms with Crippen molar-refractivity contribution in [3.63, 3.8) is 0 Å². The number of nitrogens with zero attached hydrogens (tertiary/aromatic N) is 1. The lowest BCUT2D eigenvalue weighted by Gasteiger charge is -2.26. The molecule has 0 bridgehead atoms. The molecule has 0 spiro atoms. The van der Waals surface area contributed by atoms with Crippen molar-refractivity contribution < 1.29 is 9.59 Å². The van der Waals surface area contributed by atoms with E-state index in [-0.39, 0.29) is 4.91 Å². The maximum atomic E-state index is 11.9. The third-order valence-electron chi connectivity index (χ3n) is 4.78. The molecule has 4 nitrogen and oxygen atoms in total. The lowest BCUT2D eigenvalue weighted by Crippen LogP contribution is -2.22. The van der Waals surface area contributed by atoms with Crippen LogP contribution in [0.2, 0.25) is 10.0 Å². The molecule has 0 aliphatic carbocycles. The van der Waals surface area contributed by atoms with Gasteiger partial charge in [0.1, 0.15) is 0 Å². The average Bonchev–Trinajstić information content (AvgIpc) is 3.08. The maximum Gasteiger partial charge on any atom is 0.290 e. The smallest absolute Gasteiger partial charge is 0.290 e. The fourth-order valence-electron chi connectivity index (χ4n) is 3.29. The molecule has 0 saturated carbocycles. The molecule has 0 atom stereocenters. The van der Waals surface area contributed by atoms with Crippen molar-refractivity contribution in [2.45, 2.75) is 13.1 Å². The Kier molecular flexibility index (Phi) is 6.66. The van der Waals surface area contributed by atoms with Crippen molar-refractivity contribution in [1.29, 1.82) is 0 Å². The quantitative estimate of drug-likeness (QED) is 0.418. The van der Waals surface area contributed by atoms with E-state index in [9.17, 15) is 9.59 Å². The minimum Gasteiger partial charge on any atom is -0.363 e. The summed E-state index contributed by atoms with van der Waals surface area (Å²) in [5.74, 6) is -0.444. The van der Waals surface area contributed by atoms with Gasteiger partial charge in [-0.1, -0.05) is 83.9 Å². The van der Waals surface area contributed by atoms with Gasteiger partial charge in [0.2, 0.25) is 0 Å². The first-order valence-corrected chi connectivity index (χ1v) is 11.1. The molecule has 156 valence electrons. The Morgan fingerprint density at radius 1 is 0.839 bits per heavy atom. The molecule has 1 N–H and O–H groups in total. The van der Waals surface area contributed by atoms with E-state index >= 15 is 0 Å². The van der Waals surface area contributed by atoms with E-state index in [1.54, 1.807) is 6.08 Å². The summed E-state index contributed by atoms with van der Waals surface area (Å²) >= 11 is 14.0. The summed E-state index contributed by atoms with van der Waals surface area (Å²) in [6, 6.07) is 24.0. The van der Waals surface area contributed by atoms with Crippen LogP contribution in [0.3, 0.4) is 0 Å². The van der Waals surface area contributed by atoms with Crippen molar-refractivity contribution in [3.8, 4) is 0 Å². The predicted molar refractivity (Wildman–Crippen MR) is 128 cm³/mol. The van der Waals surface area contributed by atoms with Crippen LogP contribution < -0.4 is 10.2 Å². The molecule has 3 aromatic carbocycles. The molecular formula is C24H18Cl2N2O2S. The highest BCUT2D eigenvalue weighted by Gasteiger charge is 2.26. The molecule has 1 aliphatic heterocycles. The summed E-state index contributed by atoms with van der Waals surface area (Å²) in [5, 5.41) is 2.65. The molecule has 1 saturated heterocycles. The Morgan fingerprint density at radius 2 is 1.35 bits per heavy atom. The predicted octanol–water partition coefficient (Wildman–Crippen LogP) is 6.52. The third-order valence-corrected chi connectivity index (χ3v) is 6.21. The summed E-state index contributed by atoms with van der Waals surface area (Å²) in [5.41, 5.74) is 3.70. The fourth-order valence-corrected chi connectivity index (χ4v) is 4.54. The molecule has 3 aromatic rings. The summed E-state index contributed by atoms with van der Waals surface area (Å²) in [6.07, 6.45) is 1.55. The van der Waals surface area contributed by atoms with E-state index in [1.165, 1.54) is 0 Å². The molecule has 1 heterocycles. The Balaban J connectivity index is 1.68. The Hall–Kier alpha value is -2.73. The monoisotopic (exact) mass is 468 g/mol. The van der Waals surface area contributed by atoms with Crippen molar-refractivity contribution in [1.82, 2.24) is 5.32 Å². The second kappa shape index (κ2) is 9.60. The number of carbonyl (C=O) groups is 2. The highest BCUT2D eigenvalue weighted by molar-refractivity contribution is 8.18. The van der Waals surface area contributed by atoms with Crippen LogP contribution in [0, 0.1) is 0 Å². The van der Waals surface area contributed by atoms with Gasteiger partial charge in [-0.05, 0) is 41.1 Å². The van der Waals surface area contributed by atoms with E-state index in [2.05, 4.69) is 34.5 Å². The zero-order valence-corrected chi connectivity index (χ0v) is 18.7. The summed E-state index contributed by atoms with van der Waals surface area (Å²) in [4.78, 5) is 25.8. The number of imide groups is 1. The van der Waals surface area contributed by atoms with Gasteiger partial charge in [0, 0.05) is 24.3 Å². The van der Waals surface area contributed by atoms with E-state index in [0.29, 0.717) is 28.7 Å². The Morgan fingerprint density at radius 3 is 1.81 bits per heavy atom. The van der Waals surface area contributed by atoms with Gasteiger partial charge in [-0.2, -0.15) is 0 Å². The van der Waals surface area contributed by atoms with Crippen molar-refractivity contribution >= 4 is 57.9 Å². The number of nitrogens with one attached hydrogen (secondary N) is 1. The SMILES string of the molecule is O=C1NC(=O)/C(=C/c2c(Cl)cc(N(Cc3ccccc3)Cc3ccccc3)cc2Cl)S1. The second-order valence-corrected chi connectivity index (χ2v) is 8.83. The first-order valence-electron chi connectivity index (χ1n) is 9.56. The summed E-state index contributed by atoms with van der Waals surface area (Å²) in [6.45, 7) is 1.35. The van der Waals surface area contributed by atoms with Crippen molar-refractivity contribution in [2.24, 2.45) is 0 Å².